The molecule has 1 aromatic rings. The zero-order valence-electron chi connectivity index (χ0n) is 12.8. The minimum Gasteiger partial charge on any atom is -0.463 e. The van der Waals surface area contributed by atoms with Crippen molar-refractivity contribution in [1.82, 2.24) is 0 Å². The molecule has 0 aromatic heterocycles. The van der Waals surface area contributed by atoms with Crippen LogP contribution in [0.5, 0.6) is 0 Å². The molecule has 114 valence electrons. The molecule has 0 bridgehead atoms. The van der Waals surface area contributed by atoms with Gasteiger partial charge >= 0.3 is 5.97 Å². The van der Waals surface area contributed by atoms with Crippen LogP contribution in [0, 0.1) is 0 Å². The molecule has 0 radical (unpaired) electrons. The number of hydrogen-bond donors (Lipinski definition) is 1. The molecular weight excluding hydrogens is 268 g/mol. The average molecular weight is 290 g/mol. The van der Waals surface area contributed by atoms with E-state index < -0.39 is 5.97 Å². The number of hydrogen-bond acceptors (Lipinski definition) is 4. The topological polar surface area (TPSA) is 58.6 Å². The van der Waals surface area contributed by atoms with Gasteiger partial charge in [0, 0.05) is 37.6 Å². The quantitative estimate of drug-likeness (QED) is 0.476. The van der Waals surface area contributed by atoms with Gasteiger partial charge in [0.2, 0.25) is 5.91 Å². The summed E-state index contributed by atoms with van der Waals surface area (Å²) in [6, 6.07) is 7.41. The van der Waals surface area contributed by atoms with E-state index in [-0.39, 0.29) is 5.91 Å². The lowest BCUT2D eigenvalue weighted by Gasteiger charge is -2.12. The lowest BCUT2D eigenvalue weighted by atomic mass is 10.2. The summed E-state index contributed by atoms with van der Waals surface area (Å²) in [5, 5.41) is 2.68. The first kappa shape index (κ1) is 16.8. The summed E-state index contributed by atoms with van der Waals surface area (Å²) in [6.07, 6.45) is 4.09. The molecule has 0 aliphatic carbocycles. The smallest absolute Gasteiger partial charge is 0.330 e. The number of unbranched alkanes of at least 4 members (excludes halogenated alkanes) is 1. The molecule has 0 aliphatic heterocycles. The Morgan fingerprint density at radius 2 is 1.86 bits per heavy atom. The minimum atomic E-state index is -0.499. The van der Waals surface area contributed by atoms with Crippen LogP contribution in [0.3, 0.4) is 0 Å². The third-order valence-corrected chi connectivity index (χ3v) is 2.76. The molecule has 1 rings (SSSR count). The molecule has 0 spiro atoms. The number of amides is 1. The summed E-state index contributed by atoms with van der Waals surface area (Å²) in [6.45, 7) is 2.39. The number of ether oxygens (including phenoxy) is 1. The maximum atomic E-state index is 11.6. The van der Waals surface area contributed by atoms with Crippen molar-refractivity contribution in [2.45, 2.75) is 19.8 Å². The van der Waals surface area contributed by atoms with E-state index in [9.17, 15) is 9.59 Å². The summed E-state index contributed by atoms with van der Waals surface area (Å²) < 4.78 is 4.91. The number of carbonyl (C=O) groups excluding carboxylic acids is 2. The van der Waals surface area contributed by atoms with Crippen molar-refractivity contribution in [3.63, 3.8) is 0 Å². The molecule has 1 aromatic carbocycles. The zero-order chi connectivity index (χ0) is 15.7. The lowest BCUT2D eigenvalue weighted by Crippen LogP contribution is -2.11. The molecule has 0 saturated heterocycles. The molecule has 0 fully saturated rings. The van der Waals surface area contributed by atoms with Crippen molar-refractivity contribution in [1.29, 1.82) is 0 Å². The molecule has 0 aliphatic rings. The van der Waals surface area contributed by atoms with E-state index in [1.807, 2.05) is 38.1 Å². The second kappa shape index (κ2) is 8.79. The Balaban J connectivity index is 2.44. The molecule has 5 heteroatoms. The first-order valence-corrected chi connectivity index (χ1v) is 6.96. The van der Waals surface area contributed by atoms with E-state index in [2.05, 4.69) is 5.32 Å². The van der Waals surface area contributed by atoms with E-state index in [1.165, 1.54) is 6.08 Å². The number of anilines is 2. The number of carbonyl (C=O) groups is 2. The minimum absolute atomic E-state index is 0.361. The molecule has 0 unspecified atom stereocenters. The largest absolute Gasteiger partial charge is 0.463 e. The molecule has 0 atom stereocenters. The Labute approximate surface area is 125 Å². The van der Waals surface area contributed by atoms with Crippen LogP contribution in [0.25, 0.3) is 0 Å². The number of benzene rings is 1. The van der Waals surface area contributed by atoms with Gasteiger partial charge in [-0.1, -0.05) is 13.3 Å². The van der Waals surface area contributed by atoms with Gasteiger partial charge in [-0.15, -0.1) is 0 Å². The zero-order valence-corrected chi connectivity index (χ0v) is 12.8. The third kappa shape index (κ3) is 6.61. The number of esters is 1. The van der Waals surface area contributed by atoms with Crippen LogP contribution < -0.4 is 10.2 Å². The average Bonchev–Trinajstić information content (AvgIpc) is 2.46. The number of nitrogens with zero attached hydrogens (tertiary/aromatic N) is 1. The van der Waals surface area contributed by atoms with Crippen molar-refractivity contribution >= 4 is 23.3 Å². The molecule has 21 heavy (non-hydrogen) atoms. The Kier molecular flexibility index (Phi) is 7.01. The van der Waals surface area contributed by atoms with Crippen LogP contribution in [0.2, 0.25) is 0 Å². The number of nitrogens with one attached hydrogen (secondary N) is 1. The predicted octanol–water partition coefficient (Wildman–Crippen LogP) is 2.59. The van der Waals surface area contributed by atoms with Crippen molar-refractivity contribution in [3.8, 4) is 0 Å². The molecule has 0 heterocycles. The molecule has 1 amide bonds. The van der Waals surface area contributed by atoms with Gasteiger partial charge in [0.05, 0.1) is 6.61 Å². The Hall–Kier alpha value is -2.30. The van der Waals surface area contributed by atoms with Crippen molar-refractivity contribution in [2.75, 3.05) is 30.9 Å². The monoisotopic (exact) mass is 290 g/mol. The van der Waals surface area contributed by atoms with Gasteiger partial charge < -0.3 is 15.0 Å². The van der Waals surface area contributed by atoms with Gasteiger partial charge in [0.25, 0.3) is 0 Å². The van der Waals surface area contributed by atoms with Gasteiger partial charge in [-0.2, -0.15) is 0 Å². The fourth-order valence-corrected chi connectivity index (χ4v) is 1.54. The van der Waals surface area contributed by atoms with Gasteiger partial charge in [-0.05, 0) is 30.7 Å². The van der Waals surface area contributed by atoms with Gasteiger partial charge in [0.1, 0.15) is 0 Å². The van der Waals surface area contributed by atoms with Gasteiger partial charge in [-0.3, -0.25) is 4.79 Å². The Morgan fingerprint density at radius 3 is 2.43 bits per heavy atom. The van der Waals surface area contributed by atoms with Gasteiger partial charge in [0.15, 0.2) is 0 Å². The number of rotatable bonds is 7. The highest BCUT2D eigenvalue weighted by Gasteiger charge is 2.01. The third-order valence-electron chi connectivity index (χ3n) is 2.76. The van der Waals surface area contributed by atoms with Crippen molar-refractivity contribution in [2.24, 2.45) is 0 Å². The highest BCUT2D eigenvalue weighted by atomic mass is 16.5. The van der Waals surface area contributed by atoms with Crippen LogP contribution in [0.15, 0.2) is 36.4 Å². The highest BCUT2D eigenvalue weighted by molar-refractivity contribution is 6.02. The van der Waals surface area contributed by atoms with E-state index in [0.29, 0.717) is 12.3 Å². The molecular formula is C16H22N2O3. The van der Waals surface area contributed by atoms with Crippen LogP contribution in [-0.2, 0) is 14.3 Å². The summed E-state index contributed by atoms with van der Waals surface area (Å²) in [4.78, 5) is 24.9. The van der Waals surface area contributed by atoms with E-state index in [4.69, 9.17) is 4.74 Å². The van der Waals surface area contributed by atoms with Crippen LogP contribution >= 0.6 is 0 Å². The maximum Gasteiger partial charge on any atom is 0.330 e. The first-order valence-electron chi connectivity index (χ1n) is 6.96. The van der Waals surface area contributed by atoms with Gasteiger partial charge in [-0.25, -0.2) is 4.79 Å². The predicted molar refractivity (Wildman–Crippen MR) is 84.4 cm³/mol. The fourth-order valence-electron chi connectivity index (χ4n) is 1.54. The normalized spacial score (nSPS) is 10.4. The van der Waals surface area contributed by atoms with E-state index >= 15 is 0 Å². The summed E-state index contributed by atoms with van der Waals surface area (Å²) >= 11 is 0. The van der Waals surface area contributed by atoms with Crippen molar-refractivity contribution < 1.29 is 14.3 Å². The summed E-state index contributed by atoms with van der Waals surface area (Å²) in [7, 11) is 3.89. The van der Waals surface area contributed by atoms with E-state index in [0.717, 1.165) is 24.6 Å². The molecule has 1 N–H and O–H groups in total. The van der Waals surface area contributed by atoms with Crippen molar-refractivity contribution in [3.05, 3.63) is 36.4 Å². The Morgan fingerprint density at radius 1 is 1.19 bits per heavy atom. The van der Waals surface area contributed by atoms with Crippen LogP contribution in [0.4, 0.5) is 11.4 Å². The van der Waals surface area contributed by atoms with Crippen LogP contribution in [-0.4, -0.2) is 32.6 Å². The summed E-state index contributed by atoms with van der Waals surface area (Å²) in [5.41, 5.74) is 1.72. The SMILES string of the molecule is CCCCOC(=O)/C=C\C(=O)Nc1ccc(N(C)C)cc1. The lowest BCUT2D eigenvalue weighted by molar-refractivity contribution is -0.138. The first-order chi connectivity index (χ1) is 10.0. The van der Waals surface area contributed by atoms with Crippen LogP contribution in [0.1, 0.15) is 19.8 Å². The fraction of sp³-hybridized carbons (Fsp3) is 0.375. The second-order valence-electron chi connectivity index (χ2n) is 4.78. The molecule has 5 nitrogen and oxygen atoms in total. The standard InChI is InChI=1S/C16H22N2O3/c1-4-5-12-21-16(20)11-10-15(19)17-13-6-8-14(9-7-13)18(2)3/h6-11H,4-5,12H2,1-3H3,(H,17,19)/b11-10-. The summed E-state index contributed by atoms with van der Waals surface area (Å²) in [5.74, 6) is -0.860. The second-order valence-corrected chi connectivity index (χ2v) is 4.78. The van der Waals surface area contributed by atoms with E-state index in [1.54, 1.807) is 12.1 Å². The molecule has 0 saturated carbocycles. The highest BCUT2D eigenvalue weighted by Crippen LogP contribution is 2.15. The Bertz CT molecular complexity index is 493. The maximum absolute atomic E-state index is 11.6.